The quantitative estimate of drug-likeness (QED) is 0.524. The molecule has 116 valence electrons. The van der Waals surface area contributed by atoms with Crippen molar-refractivity contribution in [2.75, 3.05) is 26.2 Å². The first-order chi connectivity index (χ1) is 9.66. The van der Waals surface area contributed by atoms with Gasteiger partial charge in [-0.05, 0) is 31.0 Å². The van der Waals surface area contributed by atoms with Gasteiger partial charge in [0.05, 0.1) is 0 Å². The summed E-state index contributed by atoms with van der Waals surface area (Å²) in [6.45, 7) is 4.44. The number of carbonyl (C=O) groups is 1. The van der Waals surface area contributed by atoms with Gasteiger partial charge in [0.25, 0.3) is 5.91 Å². The van der Waals surface area contributed by atoms with Gasteiger partial charge in [0, 0.05) is 31.7 Å². The lowest BCUT2D eigenvalue weighted by Crippen LogP contribution is -2.43. The zero-order chi connectivity index (χ0) is 14.4. The molecule has 0 spiro atoms. The van der Waals surface area contributed by atoms with E-state index < -0.39 is 0 Å². The number of halogens is 2. The second kappa shape index (κ2) is 8.81. The van der Waals surface area contributed by atoms with Gasteiger partial charge in [-0.25, -0.2) is 4.39 Å². The van der Waals surface area contributed by atoms with Gasteiger partial charge in [0.15, 0.2) is 5.96 Å². The summed E-state index contributed by atoms with van der Waals surface area (Å²) in [6.07, 6.45) is 1.04. The summed E-state index contributed by atoms with van der Waals surface area (Å²) in [5.74, 6) is 0.132. The number of rotatable bonds is 4. The van der Waals surface area contributed by atoms with Gasteiger partial charge in [-0.3, -0.25) is 9.79 Å². The molecule has 1 aromatic rings. The maximum Gasteiger partial charge on any atom is 0.251 e. The van der Waals surface area contributed by atoms with E-state index in [1.54, 1.807) is 19.1 Å². The van der Waals surface area contributed by atoms with Crippen molar-refractivity contribution in [1.29, 1.82) is 0 Å². The average Bonchev–Trinajstić information content (AvgIpc) is 2.47. The van der Waals surface area contributed by atoms with Crippen LogP contribution in [-0.4, -0.2) is 38.0 Å². The minimum absolute atomic E-state index is 0. The Balaban J connectivity index is 0.00000220. The SMILES string of the molecule is Cc1ccc(C(=O)NCCNC2=NCCCN2)cc1F.I. The maximum absolute atomic E-state index is 13.4. The number of amides is 1. The van der Waals surface area contributed by atoms with Gasteiger partial charge in [-0.1, -0.05) is 6.07 Å². The van der Waals surface area contributed by atoms with Crippen LogP contribution in [0.1, 0.15) is 22.3 Å². The molecule has 1 heterocycles. The van der Waals surface area contributed by atoms with E-state index in [0.717, 1.165) is 25.5 Å². The first-order valence-electron chi connectivity index (χ1n) is 6.73. The number of nitrogens with one attached hydrogen (secondary N) is 3. The van der Waals surface area contributed by atoms with Crippen molar-refractivity contribution in [3.05, 3.63) is 35.1 Å². The van der Waals surface area contributed by atoms with Gasteiger partial charge in [-0.15, -0.1) is 24.0 Å². The molecule has 0 aliphatic carbocycles. The summed E-state index contributed by atoms with van der Waals surface area (Å²) in [6, 6.07) is 4.47. The van der Waals surface area contributed by atoms with Crippen LogP contribution in [0.15, 0.2) is 23.2 Å². The van der Waals surface area contributed by atoms with Gasteiger partial charge in [0.2, 0.25) is 0 Å². The summed E-state index contributed by atoms with van der Waals surface area (Å²) in [5, 5.41) is 8.96. The number of aryl methyl sites for hydroxylation is 1. The largest absolute Gasteiger partial charge is 0.356 e. The van der Waals surface area contributed by atoms with Gasteiger partial charge >= 0.3 is 0 Å². The fourth-order valence-electron chi connectivity index (χ4n) is 1.84. The molecule has 21 heavy (non-hydrogen) atoms. The molecule has 0 saturated carbocycles. The summed E-state index contributed by atoms with van der Waals surface area (Å²) >= 11 is 0. The highest BCUT2D eigenvalue weighted by atomic mass is 127. The lowest BCUT2D eigenvalue weighted by Gasteiger charge is -2.16. The van der Waals surface area contributed by atoms with Crippen LogP contribution in [0.2, 0.25) is 0 Å². The first kappa shape index (κ1) is 17.7. The van der Waals surface area contributed by atoms with E-state index in [9.17, 15) is 9.18 Å². The van der Waals surface area contributed by atoms with Crippen molar-refractivity contribution in [2.24, 2.45) is 4.99 Å². The monoisotopic (exact) mass is 406 g/mol. The predicted molar refractivity (Wildman–Crippen MR) is 91.8 cm³/mol. The molecule has 0 bridgehead atoms. The summed E-state index contributed by atoms with van der Waals surface area (Å²) in [7, 11) is 0. The minimum Gasteiger partial charge on any atom is -0.356 e. The first-order valence-corrected chi connectivity index (χ1v) is 6.73. The molecule has 1 amide bonds. The number of hydrogen-bond donors (Lipinski definition) is 3. The van der Waals surface area contributed by atoms with E-state index in [0.29, 0.717) is 24.2 Å². The molecule has 0 aromatic heterocycles. The molecule has 0 atom stereocenters. The lowest BCUT2D eigenvalue weighted by molar-refractivity contribution is 0.0954. The number of aliphatic imine (C=N–C) groups is 1. The van der Waals surface area contributed by atoms with Crippen LogP contribution in [0.25, 0.3) is 0 Å². The van der Waals surface area contributed by atoms with E-state index in [1.807, 2.05) is 0 Å². The third-order valence-electron chi connectivity index (χ3n) is 3.03. The van der Waals surface area contributed by atoms with E-state index in [-0.39, 0.29) is 35.7 Å². The van der Waals surface area contributed by atoms with Crippen LogP contribution < -0.4 is 16.0 Å². The Kier molecular flexibility index (Phi) is 7.41. The molecule has 3 N–H and O–H groups in total. The smallest absolute Gasteiger partial charge is 0.251 e. The van der Waals surface area contributed by atoms with Crippen molar-refractivity contribution >= 4 is 35.8 Å². The molecule has 0 unspecified atom stereocenters. The summed E-state index contributed by atoms with van der Waals surface area (Å²) in [5.41, 5.74) is 0.867. The fraction of sp³-hybridized carbons (Fsp3) is 0.429. The van der Waals surface area contributed by atoms with Crippen molar-refractivity contribution in [1.82, 2.24) is 16.0 Å². The van der Waals surface area contributed by atoms with Gasteiger partial charge < -0.3 is 16.0 Å². The average molecular weight is 406 g/mol. The third kappa shape index (κ3) is 5.49. The Morgan fingerprint density at radius 2 is 2.24 bits per heavy atom. The van der Waals surface area contributed by atoms with Crippen molar-refractivity contribution in [3.63, 3.8) is 0 Å². The summed E-state index contributed by atoms with van der Waals surface area (Å²) in [4.78, 5) is 16.1. The highest BCUT2D eigenvalue weighted by molar-refractivity contribution is 14.0. The topological polar surface area (TPSA) is 65.5 Å². The number of carbonyl (C=O) groups excluding carboxylic acids is 1. The molecule has 1 aromatic carbocycles. The van der Waals surface area contributed by atoms with E-state index in [2.05, 4.69) is 20.9 Å². The zero-order valence-electron chi connectivity index (χ0n) is 11.9. The maximum atomic E-state index is 13.4. The molecule has 2 rings (SSSR count). The van der Waals surface area contributed by atoms with Gasteiger partial charge in [-0.2, -0.15) is 0 Å². The zero-order valence-corrected chi connectivity index (χ0v) is 14.2. The lowest BCUT2D eigenvalue weighted by atomic mass is 10.1. The molecular weight excluding hydrogens is 386 g/mol. The Hall–Kier alpha value is -1.38. The number of guanidine groups is 1. The number of nitrogens with zero attached hydrogens (tertiary/aromatic N) is 1. The molecule has 7 heteroatoms. The number of hydrogen-bond acceptors (Lipinski definition) is 4. The number of benzene rings is 1. The van der Waals surface area contributed by atoms with E-state index in [4.69, 9.17) is 0 Å². The minimum atomic E-state index is -0.364. The van der Waals surface area contributed by atoms with Crippen LogP contribution in [0.5, 0.6) is 0 Å². The highest BCUT2D eigenvalue weighted by Gasteiger charge is 2.08. The Morgan fingerprint density at radius 3 is 2.90 bits per heavy atom. The Labute approximate surface area is 140 Å². The normalized spacial score (nSPS) is 13.5. The molecule has 1 aliphatic heterocycles. The highest BCUT2D eigenvalue weighted by Crippen LogP contribution is 2.08. The van der Waals surface area contributed by atoms with Crippen LogP contribution >= 0.6 is 24.0 Å². The molecule has 0 radical (unpaired) electrons. The second-order valence-corrected chi connectivity index (χ2v) is 4.66. The second-order valence-electron chi connectivity index (χ2n) is 4.66. The predicted octanol–water partition coefficient (Wildman–Crippen LogP) is 1.42. The third-order valence-corrected chi connectivity index (χ3v) is 3.03. The molecule has 1 aliphatic rings. The summed E-state index contributed by atoms with van der Waals surface area (Å²) < 4.78 is 13.4. The van der Waals surface area contributed by atoms with Crippen molar-refractivity contribution in [2.45, 2.75) is 13.3 Å². The van der Waals surface area contributed by atoms with Crippen LogP contribution in [0.4, 0.5) is 4.39 Å². The molecule has 0 fully saturated rings. The van der Waals surface area contributed by atoms with Crippen LogP contribution in [-0.2, 0) is 0 Å². The van der Waals surface area contributed by atoms with Crippen LogP contribution in [0.3, 0.4) is 0 Å². The molecule has 5 nitrogen and oxygen atoms in total. The Bertz CT molecular complexity index is 522. The molecular formula is C14H20FIN4O. The standard InChI is InChI=1S/C14H19FN4O.HI/c1-10-3-4-11(9-12(10)15)13(20)16-7-8-19-14-17-5-2-6-18-14;/h3-4,9H,2,5-8H2,1H3,(H,16,20)(H2,17,18,19);1H. The van der Waals surface area contributed by atoms with Gasteiger partial charge in [0.1, 0.15) is 5.82 Å². The molecule has 0 saturated heterocycles. The van der Waals surface area contributed by atoms with E-state index >= 15 is 0 Å². The fourth-order valence-corrected chi connectivity index (χ4v) is 1.84. The van der Waals surface area contributed by atoms with E-state index in [1.165, 1.54) is 6.07 Å². The van der Waals surface area contributed by atoms with Crippen LogP contribution in [0, 0.1) is 12.7 Å². The Morgan fingerprint density at radius 1 is 1.43 bits per heavy atom. The van der Waals surface area contributed by atoms with Crippen molar-refractivity contribution in [3.8, 4) is 0 Å². The van der Waals surface area contributed by atoms with Crippen molar-refractivity contribution < 1.29 is 9.18 Å².